The average molecular weight is 377 g/mol. The lowest BCUT2D eigenvalue weighted by Gasteiger charge is -2.15. The molecule has 3 rings (SSSR count). The Hall–Kier alpha value is -2.21. The number of aromatic hydroxyl groups is 1. The number of nitrogens with zero attached hydrogens (tertiary/aromatic N) is 1. The molecular formula is C17H17BrN2O3. The molecule has 0 aromatic heterocycles. The van der Waals surface area contributed by atoms with Gasteiger partial charge in [0.1, 0.15) is 17.2 Å². The monoisotopic (exact) mass is 376 g/mol. The van der Waals surface area contributed by atoms with E-state index in [0.717, 1.165) is 32.8 Å². The summed E-state index contributed by atoms with van der Waals surface area (Å²) >= 11 is 3.42. The van der Waals surface area contributed by atoms with Crippen molar-refractivity contribution in [2.24, 2.45) is 5.10 Å². The zero-order valence-corrected chi connectivity index (χ0v) is 14.4. The first-order chi connectivity index (χ1) is 11.1. The second-order valence-electron chi connectivity index (χ2n) is 5.21. The number of nitrogens with one attached hydrogen (secondary N) is 1. The minimum Gasteiger partial charge on any atom is -0.507 e. The zero-order chi connectivity index (χ0) is 16.4. The van der Waals surface area contributed by atoms with Gasteiger partial charge >= 0.3 is 0 Å². The molecule has 1 heterocycles. The molecule has 0 fully saturated rings. The summed E-state index contributed by atoms with van der Waals surface area (Å²) in [5, 5.41) is 14.4. The van der Waals surface area contributed by atoms with Crippen molar-refractivity contribution < 1.29 is 14.6 Å². The molecule has 0 saturated heterocycles. The minimum atomic E-state index is -0.00997. The lowest BCUT2D eigenvalue weighted by Crippen LogP contribution is -2.11. The third-order valence-corrected chi connectivity index (χ3v) is 4.33. The van der Waals surface area contributed by atoms with Crippen LogP contribution in [0.1, 0.15) is 23.6 Å². The van der Waals surface area contributed by atoms with E-state index in [1.54, 1.807) is 26.4 Å². The summed E-state index contributed by atoms with van der Waals surface area (Å²) in [5.41, 5.74) is 5.66. The Balaban J connectivity index is 1.86. The Morgan fingerprint density at radius 1 is 1.17 bits per heavy atom. The van der Waals surface area contributed by atoms with Gasteiger partial charge in [0.15, 0.2) is 0 Å². The van der Waals surface area contributed by atoms with E-state index in [-0.39, 0.29) is 11.8 Å². The molecular weight excluding hydrogens is 360 g/mol. The van der Waals surface area contributed by atoms with Gasteiger partial charge in [0.05, 0.1) is 26.0 Å². The number of benzene rings is 2. The standard InChI is InChI=1S/C17H17BrN2O3/c1-22-11-4-5-12(17(8-11)23-2)14-9-15(20-19-14)13-7-10(18)3-6-16(13)21/h3-8,14,19,21H,9H2,1-2H3/t14-/m1/s1. The molecule has 0 spiro atoms. The number of rotatable bonds is 4. The fourth-order valence-corrected chi connectivity index (χ4v) is 3.00. The largest absolute Gasteiger partial charge is 0.507 e. The molecule has 0 unspecified atom stereocenters. The van der Waals surface area contributed by atoms with Gasteiger partial charge in [0.25, 0.3) is 0 Å². The number of phenolic OH excluding ortho intramolecular Hbond substituents is 1. The first kappa shape index (κ1) is 15.7. The van der Waals surface area contributed by atoms with Crippen LogP contribution in [0.25, 0.3) is 0 Å². The van der Waals surface area contributed by atoms with Crippen molar-refractivity contribution in [3.63, 3.8) is 0 Å². The van der Waals surface area contributed by atoms with Crippen LogP contribution in [0.4, 0.5) is 0 Å². The lowest BCUT2D eigenvalue weighted by atomic mass is 9.98. The van der Waals surface area contributed by atoms with Gasteiger partial charge in [-0.25, -0.2) is 0 Å². The molecule has 1 atom stereocenters. The van der Waals surface area contributed by atoms with E-state index in [2.05, 4.69) is 26.5 Å². The van der Waals surface area contributed by atoms with Gasteiger partial charge in [-0.3, -0.25) is 0 Å². The predicted molar refractivity (Wildman–Crippen MR) is 92.4 cm³/mol. The second-order valence-corrected chi connectivity index (χ2v) is 6.13. The van der Waals surface area contributed by atoms with E-state index >= 15 is 0 Å². The molecule has 2 aromatic carbocycles. The van der Waals surface area contributed by atoms with Crippen LogP contribution in [0.5, 0.6) is 17.2 Å². The molecule has 1 aliphatic heterocycles. The van der Waals surface area contributed by atoms with Gasteiger partial charge in [-0.05, 0) is 30.3 Å². The molecule has 0 bridgehead atoms. The lowest BCUT2D eigenvalue weighted by molar-refractivity contribution is 0.386. The molecule has 120 valence electrons. The Labute approximate surface area is 143 Å². The summed E-state index contributed by atoms with van der Waals surface area (Å²) in [6.45, 7) is 0. The number of phenols is 1. The van der Waals surface area contributed by atoms with E-state index in [1.165, 1.54) is 0 Å². The van der Waals surface area contributed by atoms with Gasteiger partial charge in [-0.1, -0.05) is 15.9 Å². The average Bonchev–Trinajstić information content (AvgIpc) is 3.06. The topological polar surface area (TPSA) is 63.1 Å². The van der Waals surface area contributed by atoms with Gasteiger partial charge < -0.3 is 20.0 Å². The highest BCUT2D eigenvalue weighted by molar-refractivity contribution is 9.10. The normalized spacial score (nSPS) is 16.7. The second kappa shape index (κ2) is 6.50. The fourth-order valence-electron chi connectivity index (χ4n) is 2.64. The zero-order valence-electron chi connectivity index (χ0n) is 12.8. The summed E-state index contributed by atoms with van der Waals surface area (Å²) in [6, 6.07) is 11.0. The SMILES string of the molecule is COc1ccc([C@H]2CC(c3cc(Br)ccc3O)=NN2)c(OC)c1. The summed E-state index contributed by atoms with van der Waals surface area (Å²) in [5.74, 6) is 1.71. The Kier molecular flexibility index (Phi) is 4.43. The van der Waals surface area contributed by atoms with Crippen molar-refractivity contribution in [2.45, 2.75) is 12.5 Å². The Morgan fingerprint density at radius 2 is 2.00 bits per heavy atom. The summed E-state index contributed by atoms with van der Waals surface area (Å²) in [4.78, 5) is 0. The number of methoxy groups -OCH3 is 2. The third-order valence-electron chi connectivity index (χ3n) is 3.84. The van der Waals surface area contributed by atoms with E-state index in [4.69, 9.17) is 9.47 Å². The van der Waals surface area contributed by atoms with Crippen LogP contribution in [0.2, 0.25) is 0 Å². The van der Waals surface area contributed by atoms with Crippen molar-refractivity contribution >= 4 is 21.6 Å². The molecule has 0 amide bonds. The highest BCUT2D eigenvalue weighted by atomic mass is 79.9. The van der Waals surface area contributed by atoms with Crippen molar-refractivity contribution in [2.75, 3.05) is 14.2 Å². The maximum absolute atomic E-state index is 10.1. The molecule has 5 nitrogen and oxygen atoms in total. The first-order valence-electron chi connectivity index (χ1n) is 7.15. The van der Waals surface area contributed by atoms with Crippen molar-refractivity contribution in [1.82, 2.24) is 5.43 Å². The van der Waals surface area contributed by atoms with Crippen LogP contribution in [0, 0.1) is 0 Å². The molecule has 0 saturated carbocycles. The Bertz CT molecular complexity index is 761. The minimum absolute atomic E-state index is 0.00997. The molecule has 0 aliphatic carbocycles. The number of ether oxygens (including phenoxy) is 2. The summed E-state index contributed by atoms with van der Waals surface area (Å²) in [6.07, 6.45) is 0.659. The highest BCUT2D eigenvalue weighted by Crippen LogP contribution is 2.35. The van der Waals surface area contributed by atoms with Gasteiger partial charge in [0.2, 0.25) is 0 Å². The van der Waals surface area contributed by atoms with Gasteiger partial charge in [-0.2, -0.15) is 5.10 Å². The number of hydrogen-bond donors (Lipinski definition) is 2. The molecule has 1 aliphatic rings. The third kappa shape index (κ3) is 3.12. The van der Waals surface area contributed by atoms with E-state index in [0.29, 0.717) is 6.42 Å². The maximum atomic E-state index is 10.1. The van der Waals surface area contributed by atoms with Crippen molar-refractivity contribution in [1.29, 1.82) is 0 Å². The molecule has 2 aromatic rings. The Morgan fingerprint density at radius 3 is 2.74 bits per heavy atom. The quantitative estimate of drug-likeness (QED) is 0.855. The van der Waals surface area contributed by atoms with E-state index in [9.17, 15) is 5.11 Å². The fraction of sp³-hybridized carbons (Fsp3) is 0.235. The smallest absolute Gasteiger partial charge is 0.127 e. The maximum Gasteiger partial charge on any atom is 0.127 e. The van der Waals surface area contributed by atoms with Crippen molar-refractivity contribution in [3.05, 3.63) is 52.0 Å². The summed E-state index contributed by atoms with van der Waals surface area (Å²) in [7, 11) is 3.26. The van der Waals surface area contributed by atoms with Gasteiger partial charge in [-0.15, -0.1) is 0 Å². The van der Waals surface area contributed by atoms with Crippen LogP contribution < -0.4 is 14.9 Å². The van der Waals surface area contributed by atoms with E-state index < -0.39 is 0 Å². The molecule has 0 radical (unpaired) electrons. The number of halogens is 1. The van der Waals surface area contributed by atoms with E-state index in [1.807, 2.05) is 24.3 Å². The first-order valence-corrected chi connectivity index (χ1v) is 7.94. The van der Waals surface area contributed by atoms with Crippen LogP contribution in [0.15, 0.2) is 46.0 Å². The highest BCUT2D eigenvalue weighted by Gasteiger charge is 2.25. The summed E-state index contributed by atoms with van der Waals surface area (Å²) < 4.78 is 11.6. The van der Waals surface area contributed by atoms with Crippen LogP contribution >= 0.6 is 15.9 Å². The number of hydrogen-bond acceptors (Lipinski definition) is 5. The number of hydrazone groups is 1. The van der Waals surface area contributed by atoms with Gasteiger partial charge in [0, 0.05) is 28.1 Å². The van der Waals surface area contributed by atoms with Crippen LogP contribution in [-0.2, 0) is 0 Å². The predicted octanol–water partition coefficient (Wildman–Crippen LogP) is 3.61. The molecule has 6 heteroatoms. The molecule has 23 heavy (non-hydrogen) atoms. The van der Waals surface area contributed by atoms with Crippen LogP contribution in [-0.4, -0.2) is 25.0 Å². The molecule has 2 N–H and O–H groups in total. The van der Waals surface area contributed by atoms with Crippen LogP contribution in [0.3, 0.4) is 0 Å². The van der Waals surface area contributed by atoms with Crippen molar-refractivity contribution in [3.8, 4) is 17.2 Å².